The normalized spacial score (nSPS) is 10.6. The number of allylic oxidation sites excluding steroid dienone is 1. The fourth-order valence-electron chi connectivity index (χ4n) is 2.07. The van der Waals surface area contributed by atoms with Gasteiger partial charge in [-0.15, -0.1) is 0 Å². The molecule has 2 aromatic carbocycles. The Hall–Kier alpha value is -2.79. The van der Waals surface area contributed by atoms with Crippen molar-refractivity contribution in [3.05, 3.63) is 58.6 Å². The van der Waals surface area contributed by atoms with Gasteiger partial charge in [-0.2, -0.15) is 0 Å². The number of hydrogen-bond acceptors (Lipinski definition) is 4. The SMILES string of the molecule is COc1cc(/C=C/C(=O)c2cccc(NC(C)=O)c2)cc(Cl)c1O. The molecular formula is C18H16ClNO4. The molecule has 24 heavy (non-hydrogen) atoms. The summed E-state index contributed by atoms with van der Waals surface area (Å²) in [5.41, 5.74) is 1.60. The Morgan fingerprint density at radius 3 is 2.67 bits per heavy atom. The lowest BCUT2D eigenvalue weighted by molar-refractivity contribution is -0.114. The summed E-state index contributed by atoms with van der Waals surface area (Å²) < 4.78 is 5.02. The van der Waals surface area contributed by atoms with E-state index < -0.39 is 0 Å². The first-order valence-electron chi connectivity index (χ1n) is 7.07. The number of ketones is 1. The van der Waals surface area contributed by atoms with Gasteiger partial charge in [-0.25, -0.2) is 0 Å². The molecule has 0 bridgehead atoms. The number of hydrogen-bond donors (Lipinski definition) is 2. The van der Waals surface area contributed by atoms with Crippen molar-refractivity contribution in [2.75, 3.05) is 12.4 Å². The number of phenols is 1. The molecule has 0 aliphatic heterocycles. The van der Waals surface area contributed by atoms with Crippen LogP contribution in [0.3, 0.4) is 0 Å². The third-order valence-corrected chi connectivity index (χ3v) is 3.45. The average Bonchev–Trinajstić information content (AvgIpc) is 2.55. The number of benzene rings is 2. The van der Waals surface area contributed by atoms with Gasteiger partial charge in [0, 0.05) is 18.2 Å². The molecule has 0 aliphatic carbocycles. The maximum Gasteiger partial charge on any atom is 0.221 e. The molecular weight excluding hydrogens is 330 g/mol. The van der Waals surface area contributed by atoms with Crippen molar-refractivity contribution in [2.24, 2.45) is 0 Å². The van der Waals surface area contributed by atoms with Crippen molar-refractivity contribution in [1.82, 2.24) is 0 Å². The van der Waals surface area contributed by atoms with Crippen LogP contribution in [0.25, 0.3) is 6.08 Å². The Labute approximate surface area is 144 Å². The molecule has 0 unspecified atom stereocenters. The summed E-state index contributed by atoms with van der Waals surface area (Å²) in [6.07, 6.45) is 2.95. The minimum Gasteiger partial charge on any atom is -0.503 e. The van der Waals surface area contributed by atoms with Gasteiger partial charge in [0.2, 0.25) is 5.91 Å². The van der Waals surface area contributed by atoms with E-state index in [4.69, 9.17) is 16.3 Å². The van der Waals surface area contributed by atoms with Crippen LogP contribution in [-0.2, 0) is 4.79 Å². The van der Waals surface area contributed by atoms with Crippen LogP contribution in [0.5, 0.6) is 11.5 Å². The first kappa shape index (κ1) is 17.6. The predicted octanol–water partition coefficient (Wildman–Crippen LogP) is 3.91. The van der Waals surface area contributed by atoms with Gasteiger partial charge in [-0.05, 0) is 35.9 Å². The number of aromatic hydroxyl groups is 1. The van der Waals surface area contributed by atoms with Crippen LogP contribution in [0.2, 0.25) is 5.02 Å². The van der Waals surface area contributed by atoms with Crippen molar-refractivity contribution in [1.29, 1.82) is 0 Å². The van der Waals surface area contributed by atoms with Crippen LogP contribution in [0, 0.1) is 0 Å². The Kier molecular flexibility index (Phi) is 5.60. The first-order chi connectivity index (χ1) is 11.4. The second-order valence-electron chi connectivity index (χ2n) is 5.01. The zero-order valence-electron chi connectivity index (χ0n) is 13.2. The molecule has 5 nitrogen and oxygen atoms in total. The number of carbonyl (C=O) groups excluding carboxylic acids is 2. The van der Waals surface area contributed by atoms with E-state index in [0.29, 0.717) is 16.8 Å². The molecule has 0 fully saturated rings. The summed E-state index contributed by atoms with van der Waals surface area (Å²) in [6, 6.07) is 9.73. The molecule has 0 saturated carbocycles. The van der Waals surface area contributed by atoms with E-state index >= 15 is 0 Å². The lowest BCUT2D eigenvalue weighted by atomic mass is 10.1. The molecule has 1 amide bonds. The maximum absolute atomic E-state index is 12.2. The number of rotatable bonds is 5. The number of nitrogens with one attached hydrogen (secondary N) is 1. The van der Waals surface area contributed by atoms with Gasteiger partial charge in [-0.1, -0.05) is 29.8 Å². The Morgan fingerprint density at radius 2 is 2.00 bits per heavy atom. The fraction of sp³-hybridized carbons (Fsp3) is 0.111. The number of ether oxygens (including phenoxy) is 1. The van der Waals surface area contributed by atoms with Crippen molar-refractivity contribution < 1.29 is 19.4 Å². The lowest BCUT2D eigenvalue weighted by Crippen LogP contribution is -2.06. The third kappa shape index (κ3) is 4.36. The van der Waals surface area contributed by atoms with E-state index in [1.54, 1.807) is 36.4 Å². The van der Waals surface area contributed by atoms with Crippen LogP contribution in [0.1, 0.15) is 22.8 Å². The van der Waals surface area contributed by atoms with E-state index in [0.717, 1.165) is 0 Å². The third-order valence-electron chi connectivity index (χ3n) is 3.17. The quantitative estimate of drug-likeness (QED) is 0.636. The molecule has 0 aromatic heterocycles. The number of halogens is 1. The van der Waals surface area contributed by atoms with E-state index in [9.17, 15) is 14.7 Å². The summed E-state index contributed by atoms with van der Waals surface area (Å²) in [5.74, 6) is -0.362. The van der Waals surface area contributed by atoms with Gasteiger partial charge < -0.3 is 15.2 Å². The maximum atomic E-state index is 12.2. The minimum absolute atomic E-state index is 0.133. The lowest BCUT2D eigenvalue weighted by Gasteiger charge is -2.06. The van der Waals surface area contributed by atoms with Crippen molar-refractivity contribution >= 4 is 35.1 Å². The number of carbonyl (C=O) groups is 2. The molecule has 0 aliphatic rings. The summed E-state index contributed by atoms with van der Waals surface area (Å²) in [5, 5.41) is 12.5. The van der Waals surface area contributed by atoms with Gasteiger partial charge >= 0.3 is 0 Å². The topological polar surface area (TPSA) is 75.6 Å². The molecule has 2 rings (SSSR count). The standard InChI is InChI=1S/C18H16ClNO4/c1-11(21)20-14-5-3-4-13(10-14)16(22)7-6-12-8-15(19)18(23)17(9-12)24-2/h3-10,23H,1-2H3,(H,20,21)/b7-6+. The van der Waals surface area contributed by atoms with Crippen LogP contribution in [0.4, 0.5) is 5.69 Å². The first-order valence-corrected chi connectivity index (χ1v) is 7.45. The van der Waals surface area contributed by atoms with Crippen molar-refractivity contribution in [3.63, 3.8) is 0 Å². The highest BCUT2D eigenvalue weighted by Gasteiger charge is 2.08. The van der Waals surface area contributed by atoms with Crippen LogP contribution >= 0.6 is 11.6 Å². The van der Waals surface area contributed by atoms with Gasteiger partial charge in [-0.3, -0.25) is 9.59 Å². The zero-order valence-corrected chi connectivity index (χ0v) is 13.9. The molecule has 0 radical (unpaired) electrons. The minimum atomic E-state index is -0.231. The van der Waals surface area contributed by atoms with Crippen LogP contribution < -0.4 is 10.1 Å². The second-order valence-corrected chi connectivity index (χ2v) is 5.42. The largest absolute Gasteiger partial charge is 0.503 e. The predicted molar refractivity (Wildman–Crippen MR) is 93.8 cm³/mol. The number of phenolic OH excluding ortho intramolecular Hbond substituents is 1. The highest BCUT2D eigenvalue weighted by Crippen LogP contribution is 2.35. The summed E-state index contributed by atoms with van der Waals surface area (Å²) in [6.45, 7) is 1.40. The van der Waals surface area contributed by atoms with E-state index in [1.165, 1.54) is 26.2 Å². The molecule has 0 heterocycles. The Bertz CT molecular complexity index is 815. The Morgan fingerprint density at radius 1 is 1.25 bits per heavy atom. The van der Waals surface area contributed by atoms with Gasteiger partial charge in [0.05, 0.1) is 12.1 Å². The summed E-state index contributed by atoms with van der Waals surface area (Å²) in [7, 11) is 1.41. The summed E-state index contributed by atoms with van der Waals surface area (Å²) >= 11 is 5.91. The van der Waals surface area contributed by atoms with Crippen molar-refractivity contribution in [2.45, 2.75) is 6.92 Å². The molecule has 0 spiro atoms. The monoisotopic (exact) mass is 345 g/mol. The van der Waals surface area contributed by atoms with Gasteiger partial charge in [0.1, 0.15) is 0 Å². The second kappa shape index (κ2) is 7.66. The Balaban J connectivity index is 2.22. The number of methoxy groups -OCH3 is 1. The van der Waals surface area contributed by atoms with Gasteiger partial charge in [0.15, 0.2) is 17.3 Å². The van der Waals surface area contributed by atoms with Crippen LogP contribution in [0.15, 0.2) is 42.5 Å². The number of anilines is 1. The van der Waals surface area contributed by atoms with E-state index in [-0.39, 0.29) is 28.2 Å². The average molecular weight is 346 g/mol. The molecule has 0 atom stereocenters. The zero-order chi connectivity index (χ0) is 17.7. The van der Waals surface area contributed by atoms with Crippen LogP contribution in [-0.4, -0.2) is 23.9 Å². The van der Waals surface area contributed by atoms with E-state index in [1.807, 2.05) is 0 Å². The smallest absolute Gasteiger partial charge is 0.221 e. The fourth-order valence-corrected chi connectivity index (χ4v) is 2.29. The number of amides is 1. The molecule has 2 N–H and O–H groups in total. The molecule has 0 saturated heterocycles. The van der Waals surface area contributed by atoms with Crippen molar-refractivity contribution in [3.8, 4) is 11.5 Å². The molecule has 124 valence electrons. The molecule has 2 aromatic rings. The highest BCUT2D eigenvalue weighted by molar-refractivity contribution is 6.32. The highest BCUT2D eigenvalue weighted by atomic mass is 35.5. The van der Waals surface area contributed by atoms with Gasteiger partial charge in [0.25, 0.3) is 0 Å². The summed E-state index contributed by atoms with van der Waals surface area (Å²) in [4.78, 5) is 23.3. The molecule has 6 heteroatoms. The van der Waals surface area contributed by atoms with E-state index in [2.05, 4.69) is 5.32 Å².